The number of carbonyl (C=O) groups excluding carboxylic acids is 1. The van der Waals surface area contributed by atoms with E-state index in [0.29, 0.717) is 16.7 Å². The Morgan fingerprint density at radius 2 is 1.64 bits per heavy atom. The molecule has 1 heterocycles. The van der Waals surface area contributed by atoms with Crippen molar-refractivity contribution in [2.24, 2.45) is 5.14 Å². The van der Waals surface area contributed by atoms with Crippen LogP contribution >= 0.6 is 0 Å². The molecule has 8 nitrogen and oxygen atoms in total. The molecule has 33 heavy (non-hydrogen) atoms. The first-order chi connectivity index (χ1) is 15.4. The number of carbonyl (C=O) groups is 1. The fourth-order valence-corrected chi connectivity index (χ4v) is 3.44. The van der Waals surface area contributed by atoms with Gasteiger partial charge in [0.15, 0.2) is 0 Å². The lowest BCUT2D eigenvalue weighted by atomic mass is 9.97. The Labute approximate surface area is 186 Å². The Kier molecular flexibility index (Phi) is 6.39. The Hall–Kier alpha value is -3.95. The van der Waals surface area contributed by atoms with E-state index in [9.17, 15) is 31.6 Å². The van der Waals surface area contributed by atoms with Gasteiger partial charge in [0, 0.05) is 11.1 Å². The van der Waals surface area contributed by atoms with Crippen molar-refractivity contribution >= 4 is 16.0 Å². The van der Waals surface area contributed by atoms with E-state index in [1.54, 1.807) is 0 Å². The highest BCUT2D eigenvalue weighted by Crippen LogP contribution is 2.35. The molecule has 2 aromatic carbocycles. The molecular weight excluding hydrogens is 463 g/mol. The second kappa shape index (κ2) is 8.89. The fraction of sp³-hybridized carbons (Fsp3) is 0.0952. The van der Waals surface area contributed by atoms with Gasteiger partial charge in [0.2, 0.25) is 15.9 Å². The first kappa shape index (κ1) is 23.7. The van der Waals surface area contributed by atoms with Crippen LogP contribution in [0, 0.1) is 11.3 Å². The van der Waals surface area contributed by atoms with Crippen molar-refractivity contribution in [2.45, 2.75) is 11.3 Å². The Bertz CT molecular complexity index is 1350. The summed E-state index contributed by atoms with van der Waals surface area (Å²) in [5.74, 6) is -1.57. The lowest BCUT2D eigenvalue weighted by Crippen LogP contribution is -2.19. The number of hydrogen-bond acceptors (Lipinski definition) is 7. The van der Waals surface area contributed by atoms with E-state index in [1.165, 1.54) is 49.6 Å². The summed E-state index contributed by atoms with van der Waals surface area (Å²) in [6, 6.07) is 13.9. The Balaban J connectivity index is 2.11. The van der Waals surface area contributed by atoms with Crippen molar-refractivity contribution < 1.29 is 35.9 Å². The highest BCUT2D eigenvalue weighted by Gasteiger charge is 2.34. The summed E-state index contributed by atoms with van der Waals surface area (Å²) in [5, 5.41) is 14.5. The van der Waals surface area contributed by atoms with Crippen molar-refractivity contribution in [2.75, 3.05) is 7.11 Å². The summed E-state index contributed by atoms with van der Waals surface area (Å²) in [7, 11) is -2.62. The largest absolute Gasteiger partial charge is 0.575 e. The molecule has 12 heteroatoms. The number of rotatable bonds is 5. The van der Waals surface area contributed by atoms with Crippen LogP contribution < -0.4 is 9.88 Å². The number of alkyl halides is 3. The van der Waals surface area contributed by atoms with Crippen molar-refractivity contribution in [3.8, 4) is 34.3 Å². The molecule has 0 aliphatic heterocycles. The maximum Gasteiger partial charge on any atom is 0.575 e. The summed E-state index contributed by atoms with van der Waals surface area (Å²) in [6.07, 6.45) is -5.12. The SMILES string of the molecule is COc1nc(-c2ccc(C(=O)OC(F)(F)F)cc2)c(-c2ccc(S(N)(=O)=O)cc2)cc1C#N. The van der Waals surface area contributed by atoms with Crippen LogP contribution in [0.15, 0.2) is 59.5 Å². The summed E-state index contributed by atoms with van der Waals surface area (Å²) < 4.78 is 68.5. The smallest absolute Gasteiger partial charge is 0.480 e. The standard InChI is InChI=1S/C21H14F3N3O5S/c1-31-19-15(11-25)10-17(12-6-8-16(9-7-12)33(26,29)30)18(27-19)13-2-4-14(5-3-13)20(28)32-21(22,23)24/h2-10H,1H3,(H2,26,29,30). The number of nitriles is 1. The Morgan fingerprint density at radius 1 is 1.06 bits per heavy atom. The first-order valence-electron chi connectivity index (χ1n) is 8.96. The number of aromatic nitrogens is 1. The van der Waals surface area contributed by atoms with E-state index >= 15 is 0 Å². The molecular formula is C21H14F3N3O5S. The van der Waals surface area contributed by atoms with E-state index in [-0.39, 0.29) is 27.6 Å². The van der Waals surface area contributed by atoms with Gasteiger partial charge in [0.25, 0.3) is 0 Å². The van der Waals surface area contributed by atoms with Gasteiger partial charge in [-0.25, -0.2) is 23.3 Å². The third kappa shape index (κ3) is 5.46. The third-order valence-corrected chi connectivity index (χ3v) is 5.33. The van der Waals surface area contributed by atoms with Gasteiger partial charge in [0.05, 0.1) is 23.3 Å². The number of primary sulfonamides is 1. The van der Waals surface area contributed by atoms with E-state index in [2.05, 4.69) is 9.72 Å². The summed E-state index contributed by atoms with van der Waals surface area (Å²) in [4.78, 5) is 15.8. The van der Waals surface area contributed by atoms with Crippen molar-refractivity contribution in [1.82, 2.24) is 4.98 Å². The van der Waals surface area contributed by atoms with E-state index in [1.807, 2.05) is 6.07 Å². The number of sulfonamides is 1. The molecule has 170 valence electrons. The summed E-state index contributed by atoms with van der Waals surface area (Å²) >= 11 is 0. The predicted molar refractivity (Wildman–Crippen MR) is 109 cm³/mol. The van der Waals surface area contributed by atoms with Gasteiger partial charge in [-0.1, -0.05) is 24.3 Å². The van der Waals surface area contributed by atoms with Gasteiger partial charge in [0.1, 0.15) is 11.6 Å². The van der Waals surface area contributed by atoms with Gasteiger partial charge < -0.3 is 9.47 Å². The second-order valence-corrected chi connectivity index (χ2v) is 8.10. The number of esters is 1. The average molecular weight is 477 g/mol. The number of methoxy groups -OCH3 is 1. The van der Waals surface area contributed by atoms with Crippen LogP contribution in [-0.4, -0.2) is 32.8 Å². The molecule has 0 aliphatic rings. The van der Waals surface area contributed by atoms with Crippen molar-refractivity contribution in [3.63, 3.8) is 0 Å². The predicted octanol–water partition coefficient (Wildman–Crippen LogP) is 3.62. The van der Waals surface area contributed by atoms with Gasteiger partial charge in [-0.05, 0) is 35.9 Å². The quantitative estimate of drug-likeness (QED) is 0.555. The molecule has 0 spiro atoms. The number of ether oxygens (including phenoxy) is 2. The monoisotopic (exact) mass is 477 g/mol. The number of nitrogens with zero attached hydrogens (tertiary/aromatic N) is 2. The van der Waals surface area contributed by atoms with Crippen LogP contribution in [0.4, 0.5) is 13.2 Å². The normalized spacial score (nSPS) is 11.5. The van der Waals surface area contributed by atoms with Crippen LogP contribution in [0.3, 0.4) is 0 Å². The molecule has 0 saturated heterocycles. The van der Waals surface area contributed by atoms with Crippen LogP contribution in [0.1, 0.15) is 15.9 Å². The number of halogens is 3. The van der Waals surface area contributed by atoms with E-state index in [4.69, 9.17) is 9.88 Å². The molecule has 0 bridgehead atoms. The second-order valence-electron chi connectivity index (χ2n) is 6.54. The first-order valence-corrected chi connectivity index (χ1v) is 10.5. The van der Waals surface area contributed by atoms with Crippen molar-refractivity contribution in [3.05, 3.63) is 65.7 Å². The zero-order valence-electron chi connectivity index (χ0n) is 16.8. The maximum atomic E-state index is 12.3. The lowest BCUT2D eigenvalue weighted by Gasteiger charge is -2.13. The molecule has 0 aliphatic carbocycles. The molecule has 0 fully saturated rings. The van der Waals surface area contributed by atoms with Crippen LogP contribution in [0.2, 0.25) is 0 Å². The Morgan fingerprint density at radius 3 is 2.12 bits per heavy atom. The average Bonchev–Trinajstić information content (AvgIpc) is 2.76. The van der Waals surface area contributed by atoms with Crippen LogP contribution in [0.5, 0.6) is 5.88 Å². The topological polar surface area (TPSA) is 132 Å². The minimum absolute atomic E-state index is 0.00189. The van der Waals surface area contributed by atoms with E-state index < -0.39 is 22.4 Å². The minimum Gasteiger partial charge on any atom is -0.480 e. The van der Waals surface area contributed by atoms with Gasteiger partial charge in [-0.15, -0.1) is 13.2 Å². The minimum atomic E-state index is -5.12. The number of nitrogens with two attached hydrogens (primary N) is 1. The van der Waals surface area contributed by atoms with Crippen molar-refractivity contribution in [1.29, 1.82) is 5.26 Å². The van der Waals surface area contributed by atoms with E-state index in [0.717, 1.165) is 12.1 Å². The summed E-state index contributed by atoms with van der Waals surface area (Å²) in [5.41, 5.74) is 1.29. The fourth-order valence-electron chi connectivity index (χ4n) is 2.92. The molecule has 0 radical (unpaired) electrons. The molecule has 0 saturated carbocycles. The molecule has 3 aromatic rings. The lowest BCUT2D eigenvalue weighted by molar-refractivity contribution is -0.291. The molecule has 0 amide bonds. The highest BCUT2D eigenvalue weighted by molar-refractivity contribution is 7.89. The molecule has 1 aromatic heterocycles. The summed E-state index contributed by atoms with van der Waals surface area (Å²) in [6.45, 7) is 0. The number of hydrogen-bond donors (Lipinski definition) is 1. The van der Waals surface area contributed by atoms with Crippen LogP contribution in [-0.2, 0) is 14.8 Å². The van der Waals surface area contributed by atoms with Gasteiger partial charge in [-0.3, -0.25) is 0 Å². The molecule has 2 N–H and O–H groups in total. The van der Waals surface area contributed by atoms with Gasteiger partial charge in [-0.2, -0.15) is 5.26 Å². The molecule has 0 unspecified atom stereocenters. The maximum absolute atomic E-state index is 12.3. The van der Waals surface area contributed by atoms with Crippen LogP contribution in [0.25, 0.3) is 22.4 Å². The van der Waals surface area contributed by atoms with Gasteiger partial charge >= 0.3 is 12.3 Å². The number of benzene rings is 2. The third-order valence-electron chi connectivity index (χ3n) is 4.40. The molecule has 0 atom stereocenters. The zero-order valence-corrected chi connectivity index (χ0v) is 17.6. The number of pyridine rings is 1. The highest BCUT2D eigenvalue weighted by atomic mass is 32.2. The zero-order chi connectivity index (χ0) is 24.4. The molecule has 3 rings (SSSR count).